The lowest BCUT2D eigenvalue weighted by Crippen LogP contribution is -2.34. The fourth-order valence-electron chi connectivity index (χ4n) is 1.78. The van der Waals surface area contributed by atoms with Crippen LogP contribution in [-0.4, -0.2) is 46.4 Å². The molecule has 0 aromatic carbocycles. The van der Waals surface area contributed by atoms with E-state index in [1.54, 1.807) is 23.8 Å². The van der Waals surface area contributed by atoms with Gasteiger partial charge in [-0.15, -0.1) is 0 Å². The molecule has 0 aliphatic carbocycles. The minimum Gasteiger partial charge on any atom is -0.392 e. The van der Waals surface area contributed by atoms with Gasteiger partial charge in [0.2, 0.25) is 0 Å². The van der Waals surface area contributed by atoms with E-state index in [9.17, 15) is 4.79 Å². The van der Waals surface area contributed by atoms with E-state index in [-0.39, 0.29) is 12.0 Å². The normalized spacial score (nSPS) is 12.5. The second-order valence-corrected chi connectivity index (χ2v) is 4.40. The van der Waals surface area contributed by atoms with Crippen molar-refractivity contribution in [2.45, 2.75) is 13.0 Å². The standard InChI is InChI=1S/C13H18N4O2/c1-10(18)8-14-5-6-15-13(19)11-9-16-17-7-3-2-4-12(11)17/h2-4,7,9-10,14,18H,5-6,8H2,1H3,(H,15,19). The maximum absolute atomic E-state index is 12.0. The number of amides is 1. The number of hydrogen-bond acceptors (Lipinski definition) is 4. The maximum atomic E-state index is 12.0. The molecule has 3 N–H and O–H groups in total. The number of carbonyl (C=O) groups excluding carboxylic acids is 1. The van der Waals surface area contributed by atoms with Gasteiger partial charge in [0, 0.05) is 25.8 Å². The van der Waals surface area contributed by atoms with Crippen LogP contribution in [0.5, 0.6) is 0 Å². The molecular formula is C13H18N4O2. The van der Waals surface area contributed by atoms with Gasteiger partial charge >= 0.3 is 0 Å². The third-order valence-corrected chi connectivity index (χ3v) is 2.70. The molecule has 0 saturated heterocycles. The monoisotopic (exact) mass is 262 g/mol. The molecule has 6 heteroatoms. The van der Waals surface area contributed by atoms with E-state index in [2.05, 4.69) is 15.7 Å². The Hall–Kier alpha value is -1.92. The Morgan fingerprint density at radius 2 is 2.32 bits per heavy atom. The van der Waals surface area contributed by atoms with Crippen molar-refractivity contribution in [1.29, 1.82) is 0 Å². The summed E-state index contributed by atoms with van der Waals surface area (Å²) in [5.41, 5.74) is 1.35. The maximum Gasteiger partial charge on any atom is 0.255 e. The lowest BCUT2D eigenvalue weighted by molar-refractivity contribution is 0.0955. The highest BCUT2D eigenvalue weighted by Gasteiger charge is 2.11. The van der Waals surface area contributed by atoms with Crippen LogP contribution < -0.4 is 10.6 Å². The SMILES string of the molecule is CC(O)CNCCNC(=O)c1cnn2ccccc12. The molecule has 1 atom stereocenters. The molecule has 19 heavy (non-hydrogen) atoms. The van der Waals surface area contributed by atoms with Gasteiger partial charge in [0.15, 0.2) is 0 Å². The van der Waals surface area contributed by atoms with E-state index in [1.165, 1.54) is 0 Å². The van der Waals surface area contributed by atoms with Gasteiger partial charge in [-0.25, -0.2) is 4.52 Å². The molecule has 0 bridgehead atoms. The number of nitrogens with zero attached hydrogens (tertiary/aromatic N) is 2. The van der Waals surface area contributed by atoms with E-state index in [4.69, 9.17) is 5.11 Å². The summed E-state index contributed by atoms with van der Waals surface area (Å²) in [5.74, 6) is -0.139. The molecule has 0 spiro atoms. The van der Waals surface area contributed by atoms with Gasteiger partial charge in [0.25, 0.3) is 5.91 Å². The van der Waals surface area contributed by atoms with Crippen LogP contribution >= 0.6 is 0 Å². The van der Waals surface area contributed by atoms with Crippen LogP contribution in [0.2, 0.25) is 0 Å². The first-order chi connectivity index (χ1) is 9.18. The van der Waals surface area contributed by atoms with E-state index in [0.717, 1.165) is 5.52 Å². The summed E-state index contributed by atoms with van der Waals surface area (Å²) in [6.07, 6.45) is 2.99. The Bertz CT molecular complexity index is 550. The number of nitrogens with one attached hydrogen (secondary N) is 2. The number of aliphatic hydroxyl groups excluding tert-OH is 1. The average Bonchev–Trinajstić information content (AvgIpc) is 2.81. The number of hydrogen-bond donors (Lipinski definition) is 3. The Labute approximate surface area is 111 Å². The summed E-state index contributed by atoms with van der Waals surface area (Å²) >= 11 is 0. The first-order valence-corrected chi connectivity index (χ1v) is 6.28. The predicted octanol–water partition coefficient (Wildman–Crippen LogP) is 0.0345. The second-order valence-electron chi connectivity index (χ2n) is 4.40. The average molecular weight is 262 g/mol. The van der Waals surface area contributed by atoms with Crippen LogP contribution in [0.4, 0.5) is 0 Å². The molecule has 0 aliphatic rings. The van der Waals surface area contributed by atoms with Crippen LogP contribution in [0, 0.1) is 0 Å². The summed E-state index contributed by atoms with van der Waals surface area (Å²) < 4.78 is 1.67. The molecule has 1 amide bonds. The molecule has 6 nitrogen and oxygen atoms in total. The smallest absolute Gasteiger partial charge is 0.255 e. The first-order valence-electron chi connectivity index (χ1n) is 6.28. The van der Waals surface area contributed by atoms with E-state index in [0.29, 0.717) is 25.2 Å². The van der Waals surface area contributed by atoms with Crippen molar-refractivity contribution in [2.75, 3.05) is 19.6 Å². The molecule has 0 aliphatic heterocycles. The zero-order valence-electron chi connectivity index (χ0n) is 10.8. The van der Waals surface area contributed by atoms with Crippen molar-refractivity contribution in [1.82, 2.24) is 20.2 Å². The summed E-state index contributed by atoms with van der Waals surface area (Å²) in [6, 6.07) is 5.59. The first kappa shape index (κ1) is 13.5. The minimum atomic E-state index is -0.379. The fraction of sp³-hybridized carbons (Fsp3) is 0.385. The van der Waals surface area contributed by atoms with Crippen LogP contribution in [0.25, 0.3) is 5.52 Å². The van der Waals surface area contributed by atoms with Crippen molar-refractivity contribution in [3.63, 3.8) is 0 Å². The molecular weight excluding hydrogens is 244 g/mol. The lowest BCUT2D eigenvalue weighted by atomic mass is 10.2. The summed E-state index contributed by atoms with van der Waals surface area (Å²) in [6.45, 7) is 3.36. The molecule has 2 heterocycles. The summed E-state index contributed by atoms with van der Waals surface area (Å²) in [7, 11) is 0. The molecule has 2 aromatic rings. The molecule has 2 aromatic heterocycles. The van der Waals surface area contributed by atoms with Crippen molar-refractivity contribution >= 4 is 11.4 Å². The number of carbonyl (C=O) groups is 1. The number of fused-ring (bicyclic) bond motifs is 1. The zero-order chi connectivity index (χ0) is 13.7. The molecule has 0 fully saturated rings. The van der Waals surface area contributed by atoms with Crippen LogP contribution in [0.15, 0.2) is 30.6 Å². The number of aromatic nitrogens is 2. The Kier molecular flexibility index (Phi) is 4.48. The number of aliphatic hydroxyl groups is 1. The van der Waals surface area contributed by atoms with Crippen molar-refractivity contribution in [3.8, 4) is 0 Å². The Balaban J connectivity index is 1.86. The number of pyridine rings is 1. The fourth-order valence-corrected chi connectivity index (χ4v) is 1.78. The van der Waals surface area contributed by atoms with Gasteiger partial charge in [-0.05, 0) is 19.1 Å². The third-order valence-electron chi connectivity index (χ3n) is 2.70. The highest BCUT2D eigenvalue weighted by molar-refractivity contribution is 6.00. The van der Waals surface area contributed by atoms with E-state index < -0.39 is 0 Å². The zero-order valence-corrected chi connectivity index (χ0v) is 10.8. The summed E-state index contributed by atoms with van der Waals surface area (Å²) in [5, 5.41) is 19.0. The minimum absolute atomic E-state index is 0.139. The van der Waals surface area contributed by atoms with Crippen molar-refractivity contribution < 1.29 is 9.90 Å². The van der Waals surface area contributed by atoms with Gasteiger partial charge in [-0.1, -0.05) is 6.07 Å². The van der Waals surface area contributed by atoms with E-state index >= 15 is 0 Å². The Morgan fingerprint density at radius 1 is 1.47 bits per heavy atom. The summed E-state index contributed by atoms with van der Waals surface area (Å²) in [4.78, 5) is 12.0. The second kappa shape index (κ2) is 6.31. The highest BCUT2D eigenvalue weighted by atomic mass is 16.3. The predicted molar refractivity (Wildman–Crippen MR) is 72.1 cm³/mol. The van der Waals surface area contributed by atoms with Crippen molar-refractivity contribution in [2.24, 2.45) is 0 Å². The molecule has 0 saturated carbocycles. The van der Waals surface area contributed by atoms with E-state index in [1.807, 2.05) is 18.2 Å². The topological polar surface area (TPSA) is 78.7 Å². The number of rotatable bonds is 6. The molecule has 102 valence electrons. The van der Waals surface area contributed by atoms with Gasteiger partial charge in [0.05, 0.1) is 23.4 Å². The molecule has 2 rings (SSSR count). The van der Waals surface area contributed by atoms with Crippen LogP contribution in [-0.2, 0) is 0 Å². The lowest BCUT2D eigenvalue weighted by Gasteiger charge is -2.07. The quantitative estimate of drug-likeness (QED) is 0.642. The Morgan fingerprint density at radius 3 is 3.11 bits per heavy atom. The van der Waals surface area contributed by atoms with Gasteiger partial charge < -0.3 is 15.7 Å². The van der Waals surface area contributed by atoms with Gasteiger partial charge in [0.1, 0.15) is 0 Å². The molecule has 0 radical (unpaired) electrons. The van der Waals surface area contributed by atoms with Crippen LogP contribution in [0.1, 0.15) is 17.3 Å². The highest BCUT2D eigenvalue weighted by Crippen LogP contribution is 2.09. The van der Waals surface area contributed by atoms with Crippen molar-refractivity contribution in [3.05, 3.63) is 36.2 Å². The van der Waals surface area contributed by atoms with Crippen LogP contribution in [0.3, 0.4) is 0 Å². The third kappa shape index (κ3) is 3.52. The molecule has 1 unspecified atom stereocenters. The largest absolute Gasteiger partial charge is 0.392 e. The van der Waals surface area contributed by atoms with Gasteiger partial charge in [-0.3, -0.25) is 4.79 Å². The van der Waals surface area contributed by atoms with Gasteiger partial charge in [-0.2, -0.15) is 5.10 Å².